The zero-order valence-electron chi connectivity index (χ0n) is 28.9. The van der Waals surface area contributed by atoms with E-state index >= 15 is 0 Å². The molecule has 0 aliphatic rings. The van der Waals surface area contributed by atoms with Crippen LogP contribution < -0.4 is 10.6 Å². The maximum atomic E-state index is 13.5. The van der Waals surface area contributed by atoms with Crippen LogP contribution in [0.2, 0.25) is 0 Å². The molecule has 0 bridgehead atoms. The molecule has 0 spiro atoms. The second-order valence-electron chi connectivity index (χ2n) is 11.3. The van der Waals surface area contributed by atoms with Crippen LogP contribution in [0.1, 0.15) is 74.9 Å². The normalized spacial score (nSPS) is 13.3. The molecule has 8 nitrogen and oxygen atoms in total. The molecule has 260 valence electrons. The first-order chi connectivity index (χ1) is 23.2. The van der Waals surface area contributed by atoms with Crippen LogP contribution in [0, 0.1) is 27.7 Å². The second-order valence-corrected chi connectivity index (χ2v) is 16.5. The van der Waals surface area contributed by atoms with Gasteiger partial charge in [0.15, 0.2) is 0 Å². The van der Waals surface area contributed by atoms with E-state index in [1.807, 2.05) is 32.0 Å². The fraction of sp³-hybridized carbons (Fsp3) is 0.289. The quantitative estimate of drug-likeness (QED) is 0.0752. The van der Waals surface area contributed by atoms with Crippen molar-refractivity contribution in [2.45, 2.75) is 60.4 Å². The lowest BCUT2D eigenvalue weighted by atomic mass is 10.0. The SMILES string of the molecule is CCOP(=O)(C(=O)c1c(C)cc(CBr)cc1C)c1ccccc1.CCOP(=O)(C(=O)c1c(C)cc(COC(C)=O)cc1C)c1ccccc1. The first-order valence-electron chi connectivity index (χ1n) is 15.8. The summed E-state index contributed by atoms with van der Waals surface area (Å²) in [6.07, 6.45) is 0. The summed E-state index contributed by atoms with van der Waals surface area (Å²) in [7, 11) is -7.32. The molecule has 0 fully saturated rings. The average molecular weight is 770 g/mol. The molecule has 4 aromatic carbocycles. The van der Waals surface area contributed by atoms with E-state index in [0.29, 0.717) is 38.2 Å². The number of benzene rings is 4. The van der Waals surface area contributed by atoms with Gasteiger partial charge in [-0.15, -0.1) is 0 Å². The molecular formula is C38H43BrO8P2. The van der Waals surface area contributed by atoms with Crippen molar-refractivity contribution in [1.29, 1.82) is 0 Å². The Labute approximate surface area is 297 Å². The van der Waals surface area contributed by atoms with Crippen molar-refractivity contribution in [3.63, 3.8) is 0 Å². The van der Waals surface area contributed by atoms with Gasteiger partial charge in [-0.3, -0.25) is 23.5 Å². The van der Waals surface area contributed by atoms with Crippen LogP contribution in [0.25, 0.3) is 0 Å². The van der Waals surface area contributed by atoms with Gasteiger partial charge < -0.3 is 13.8 Å². The fourth-order valence-electron chi connectivity index (χ4n) is 5.53. The monoisotopic (exact) mass is 768 g/mol. The lowest BCUT2D eigenvalue weighted by Gasteiger charge is -2.19. The number of esters is 1. The Morgan fingerprint density at radius 3 is 1.27 bits per heavy atom. The highest BCUT2D eigenvalue weighted by Crippen LogP contribution is 2.51. The van der Waals surface area contributed by atoms with E-state index in [4.69, 9.17) is 13.8 Å². The van der Waals surface area contributed by atoms with Crippen molar-refractivity contribution >= 4 is 58.3 Å². The number of rotatable bonds is 13. The standard InChI is InChI=1S/C20H23O5P.C18H20BrO3P/c1-5-25-26(23,18-9-7-6-8-10-18)20(22)19-14(2)11-17(12-15(19)3)13-24-16(4)21;1-4-22-23(21,16-8-6-5-7-9-16)18(20)17-13(2)10-15(12-19)11-14(17)3/h6-12H,5,13H2,1-4H3;5-11H,4,12H2,1-3H3. The number of ether oxygens (including phenoxy) is 1. The molecule has 4 aromatic rings. The molecule has 0 saturated carbocycles. The number of carbonyl (C=O) groups is 3. The van der Waals surface area contributed by atoms with Crippen LogP contribution in [-0.4, -0.2) is 30.2 Å². The van der Waals surface area contributed by atoms with Gasteiger partial charge in [0.1, 0.15) is 6.61 Å². The van der Waals surface area contributed by atoms with Crippen molar-refractivity contribution in [3.05, 3.63) is 129 Å². The van der Waals surface area contributed by atoms with Crippen LogP contribution in [0.5, 0.6) is 0 Å². The minimum Gasteiger partial charge on any atom is -0.461 e. The molecule has 0 radical (unpaired) electrons. The largest absolute Gasteiger partial charge is 0.461 e. The molecule has 4 rings (SSSR count). The van der Waals surface area contributed by atoms with E-state index in [1.54, 1.807) is 94.4 Å². The Bertz CT molecular complexity index is 1840. The van der Waals surface area contributed by atoms with Crippen LogP contribution in [0.15, 0.2) is 84.9 Å². The van der Waals surface area contributed by atoms with Crippen molar-refractivity contribution in [2.75, 3.05) is 13.2 Å². The summed E-state index contributed by atoms with van der Waals surface area (Å²) < 4.78 is 42.9. The molecule has 0 aliphatic carbocycles. The van der Waals surface area contributed by atoms with E-state index in [2.05, 4.69) is 15.9 Å². The van der Waals surface area contributed by atoms with Crippen LogP contribution in [0.4, 0.5) is 0 Å². The Morgan fingerprint density at radius 2 is 0.959 bits per heavy atom. The van der Waals surface area contributed by atoms with Gasteiger partial charge in [0.2, 0.25) is 0 Å². The molecule has 2 atom stereocenters. The summed E-state index contributed by atoms with van der Waals surface area (Å²) in [5.74, 6) is -0.370. The third kappa shape index (κ3) is 9.62. The lowest BCUT2D eigenvalue weighted by molar-refractivity contribution is -0.142. The predicted octanol–water partition coefficient (Wildman–Crippen LogP) is 9.13. The minimum atomic E-state index is -3.71. The zero-order valence-corrected chi connectivity index (χ0v) is 32.3. The summed E-state index contributed by atoms with van der Waals surface area (Å²) in [5, 5.41) is 1.54. The third-order valence-corrected chi connectivity index (χ3v) is 12.9. The Hall–Kier alpha value is -3.45. The van der Waals surface area contributed by atoms with Crippen LogP contribution in [-0.2, 0) is 39.6 Å². The van der Waals surface area contributed by atoms with Gasteiger partial charge in [0.25, 0.3) is 11.0 Å². The van der Waals surface area contributed by atoms with E-state index in [9.17, 15) is 23.5 Å². The molecular weight excluding hydrogens is 726 g/mol. The molecule has 0 amide bonds. The highest BCUT2D eigenvalue weighted by atomic mass is 79.9. The number of carbonyl (C=O) groups excluding carboxylic acids is 3. The van der Waals surface area contributed by atoms with Gasteiger partial charge in [-0.2, -0.15) is 0 Å². The highest BCUT2D eigenvalue weighted by molar-refractivity contribution is 9.08. The van der Waals surface area contributed by atoms with Gasteiger partial charge in [-0.25, -0.2) is 0 Å². The average Bonchev–Trinajstić information content (AvgIpc) is 3.07. The summed E-state index contributed by atoms with van der Waals surface area (Å²) in [6, 6.07) is 24.7. The highest BCUT2D eigenvalue weighted by Gasteiger charge is 2.38. The van der Waals surface area contributed by atoms with E-state index < -0.39 is 25.8 Å². The molecule has 49 heavy (non-hydrogen) atoms. The van der Waals surface area contributed by atoms with Gasteiger partial charge in [0.05, 0.1) is 13.2 Å². The molecule has 0 saturated heterocycles. The number of hydrogen-bond acceptors (Lipinski definition) is 8. The van der Waals surface area contributed by atoms with E-state index in [-0.39, 0.29) is 25.8 Å². The summed E-state index contributed by atoms with van der Waals surface area (Å²) in [4.78, 5) is 37.3. The number of hydrogen-bond donors (Lipinski definition) is 0. The number of alkyl halides is 1. The first kappa shape index (κ1) is 40.0. The second kappa shape index (κ2) is 18.0. The van der Waals surface area contributed by atoms with Gasteiger partial charge in [-0.05, 0) is 99.2 Å². The lowest BCUT2D eigenvalue weighted by Crippen LogP contribution is -2.17. The van der Waals surface area contributed by atoms with Crippen molar-refractivity contribution < 1.29 is 37.3 Å². The third-order valence-electron chi connectivity index (χ3n) is 7.56. The smallest absolute Gasteiger partial charge is 0.302 e. The maximum absolute atomic E-state index is 13.5. The minimum absolute atomic E-state index is 0.132. The summed E-state index contributed by atoms with van der Waals surface area (Å²) >= 11 is 3.42. The van der Waals surface area contributed by atoms with Gasteiger partial charge in [-0.1, -0.05) is 76.6 Å². The van der Waals surface area contributed by atoms with Crippen molar-refractivity contribution in [2.24, 2.45) is 0 Å². The molecule has 11 heteroatoms. The predicted molar refractivity (Wildman–Crippen MR) is 199 cm³/mol. The van der Waals surface area contributed by atoms with Gasteiger partial charge in [0, 0.05) is 34.0 Å². The number of aryl methyl sites for hydroxylation is 4. The topological polar surface area (TPSA) is 113 Å². The molecule has 0 heterocycles. The summed E-state index contributed by atoms with van der Waals surface area (Å²) in [6.45, 7) is 12.6. The van der Waals surface area contributed by atoms with Crippen molar-refractivity contribution in [3.8, 4) is 0 Å². The fourth-order valence-corrected chi connectivity index (χ4v) is 10.0. The molecule has 0 N–H and O–H groups in total. The van der Waals surface area contributed by atoms with Crippen molar-refractivity contribution in [1.82, 2.24) is 0 Å². The van der Waals surface area contributed by atoms with Gasteiger partial charge >= 0.3 is 20.7 Å². The number of halogens is 1. The molecule has 0 aromatic heterocycles. The molecule has 2 unspecified atom stereocenters. The Balaban J connectivity index is 0.000000267. The first-order valence-corrected chi connectivity index (χ1v) is 20.2. The molecule has 0 aliphatic heterocycles. The maximum Gasteiger partial charge on any atom is 0.302 e. The zero-order chi connectivity index (χ0) is 36.4. The Kier molecular flexibility index (Phi) is 14.7. The van der Waals surface area contributed by atoms with Crippen LogP contribution in [0.3, 0.4) is 0 Å². The van der Waals surface area contributed by atoms with E-state index in [0.717, 1.165) is 22.3 Å². The van der Waals surface area contributed by atoms with E-state index in [1.165, 1.54) is 6.92 Å². The van der Waals surface area contributed by atoms with Crippen LogP contribution >= 0.6 is 30.7 Å². The summed E-state index contributed by atoms with van der Waals surface area (Å²) in [5.41, 5.74) is 4.79. The Morgan fingerprint density at radius 1 is 0.612 bits per heavy atom.